The van der Waals surface area contributed by atoms with Gasteiger partial charge in [-0.3, -0.25) is 71.9 Å². The average molecular weight is 1930 g/mol. The van der Waals surface area contributed by atoms with Crippen LogP contribution < -0.4 is 75.3 Å². The quantitative estimate of drug-likeness (QED) is 0.0253. The summed E-state index contributed by atoms with van der Waals surface area (Å²) in [7, 11) is 0. The minimum Gasteiger partial charge on any atom is -0.508 e. The van der Waals surface area contributed by atoms with Crippen LogP contribution in [-0.2, 0) is 128 Å². The second-order valence-corrected chi connectivity index (χ2v) is 35.6. The van der Waals surface area contributed by atoms with Crippen LogP contribution >= 0.6 is 0 Å². The van der Waals surface area contributed by atoms with E-state index >= 15 is 9.59 Å². The molecule has 0 spiro atoms. The number of nitrogens with zero attached hydrogens (tertiary/aromatic N) is 3. The number of carboxylic acids is 1. The Bertz CT molecular complexity index is 5610. The molecule has 15 amide bonds. The number of aromatic amines is 1. The van der Waals surface area contributed by atoms with E-state index in [4.69, 9.17) is 11.5 Å². The monoisotopic (exact) mass is 1930 g/mol. The fourth-order valence-electron chi connectivity index (χ4n) is 16.4. The largest absolute Gasteiger partial charge is 0.508 e. The number of carboxylic acid groups (broad SMARTS) is 1. The first-order valence-corrected chi connectivity index (χ1v) is 46.3. The van der Waals surface area contributed by atoms with Crippen LogP contribution in [0, 0.1) is 11.8 Å². The summed E-state index contributed by atoms with van der Waals surface area (Å²) in [6.45, 7) is 7.35. The molecule has 23 N–H and O–H groups in total. The second-order valence-electron chi connectivity index (χ2n) is 35.6. The average Bonchev–Trinajstić information content (AvgIpc) is 1.65. The van der Waals surface area contributed by atoms with Gasteiger partial charge in [0.2, 0.25) is 88.6 Å². The lowest BCUT2D eigenvalue weighted by atomic mass is 9.96. The molecule has 1 aromatic heterocycles. The molecule has 10 rings (SSSR count). The number of imidazole rings is 1. The first-order valence-electron chi connectivity index (χ1n) is 46.3. The molecule has 15 atom stereocenters. The smallest absolute Gasteiger partial charge is 0.326 e. The van der Waals surface area contributed by atoms with Crippen molar-refractivity contribution in [3.8, 4) is 28.7 Å². The third-order valence-electron chi connectivity index (χ3n) is 24.2. The van der Waals surface area contributed by atoms with Crippen molar-refractivity contribution in [2.75, 3.05) is 19.6 Å². The van der Waals surface area contributed by atoms with Crippen LogP contribution in [0.5, 0.6) is 28.7 Å². The van der Waals surface area contributed by atoms with E-state index in [-0.39, 0.29) is 143 Å². The molecule has 0 radical (unpaired) electrons. The number of amides is 15. The van der Waals surface area contributed by atoms with E-state index in [9.17, 15) is 97.8 Å². The van der Waals surface area contributed by atoms with E-state index in [1.54, 1.807) is 100 Å². The molecule has 744 valence electrons. The summed E-state index contributed by atoms with van der Waals surface area (Å²) in [5, 5.41) is 92.5. The fraction of sp³-hybridized carbons (Fsp3) is 0.390. The third-order valence-corrected chi connectivity index (χ3v) is 24.2. The summed E-state index contributed by atoms with van der Waals surface area (Å²) in [6.07, 6.45) is 1.26. The lowest BCUT2D eigenvalue weighted by Crippen LogP contribution is -2.61. The van der Waals surface area contributed by atoms with Crippen molar-refractivity contribution in [3.05, 3.63) is 239 Å². The van der Waals surface area contributed by atoms with Crippen LogP contribution in [0.3, 0.4) is 0 Å². The molecule has 40 heteroatoms. The molecule has 2 aliphatic rings. The van der Waals surface area contributed by atoms with Crippen molar-refractivity contribution in [1.29, 1.82) is 0 Å². The number of aliphatic carboxylic acids is 1. The summed E-state index contributed by atoms with van der Waals surface area (Å²) >= 11 is 0. The zero-order valence-electron chi connectivity index (χ0n) is 78.2. The second kappa shape index (κ2) is 51.4. The number of hydrogen-bond acceptors (Lipinski definition) is 23. The Morgan fingerprint density at radius 3 is 1.15 bits per heavy atom. The van der Waals surface area contributed by atoms with Crippen LogP contribution in [-0.4, -0.2) is 249 Å². The normalized spacial score (nSPS) is 16.1. The first-order chi connectivity index (χ1) is 66.8. The minimum absolute atomic E-state index is 0.00785. The maximum atomic E-state index is 15.3. The number of H-pyrrole nitrogens is 1. The molecule has 0 aliphatic carbocycles. The van der Waals surface area contributed by atoms with Crippen LogP contribution in [0.15, 0.2) is 195 Å². The molecule has 0 saturated carbocycles. The number of carbonyl (C=O) groups is 16. The highest BCUT2D eigenvalue weighted by Crippen LogP contribution is 2.26. The number of phenolic OH excluding ortho intramolecular Hbond substituents is 5. The molecule has 2 aliphatic heterocycles. The van der Waals surface area contributed by atoms with Gasteiger partial charge in [-0.25, -0.2) is 9.78 Å². The predicted octanol–water partition coefficient (Wildman–Crippen LogP) is 1.01. The number of aromatic hydroxyl groups is 5. The van der Waals surface area contributed by atoms with Gasteiger partial charge in [0.25, 0.3) is 0 Å². The Hall–Kier alpha value is -15.8. The van der Waals surface area contributed by atoms with Gasteiger partial charge in [-0.15, -0.1) is 0 Å². The zero-order valence-corrected chi connectivity index (χ0v) is 78.2. The Morgan fingerprint density at radius 1 is 0.393 bits per heavy atom. The Morgan fingerprint density at radius 2 is 0.750 bits per heavy atom. The lowest BCUT2D eigenvalue weighted by Gasteiger charge is -2.33. The highest BCUT2D eigenvalue weighted by Gasteiger charge is 2.45. The van der Waals surface area contributed by atoms with Crippen molar-refractivity contribution in [2.24, 2.45) is 23.3 Å². The molecule has 2 fully saturated rings. The van der Waals surface area contributed by atoms with Gasteiger partial charge >= 0.3 is 5.97 Å². The van der Waals surface area contributed by atoms with E-state index in [1.807, 2.05) is 0 Å². The lowest BCUT2D eigenvalue weighted by molar-refractivity contribution is -0.144. The number of rotatable bonds is 49. The van der Waals surface area contributed by atoms with Crippen LogP contribution in [0.4, 0.5) is 0 Å². The minimum atomic E-state index is -1.79. The van der Waals surface area contributed by atoms with Gasteiger partial charge in [0.15, 0.2) is 0 Å². The van der Waals surface area contributed by atoms with Gasteiger partial charge in [-0.1, -0.05) is 155 Å². The number of primary amides is 1. The van der Waals surface area contributed by atoms with Crippen molar-refractivity contribution in [2.45, 2.75) is 216 Å². The first kappa shape index (κ1) is 106. The van der Waals surface area contributed by atoms with Gasteiger partial charge in [0, 0.05) is 64.2 Å². The fourth-order valence-corrected chi connectivity index (χ4v) is 16.4. The molecule has 3 heterocycles. The van der Waals surface area contributed by atoms with Crippen LogP contribution in [0.1, 0.15) is 124 Å². The van der Waals surface area contributed by atoms with Crippen LogP contribution in [0.25, 0.3) is 0 Å². The maximum absolute atomic E-state index is 15.3. The third kappa shape index (κ3) is 32.2. The topological polar surface area (TPSA) is 626 Å². The van der Waals surface area contributed by atoms with E-state index in [1.165, 1.54) is 134 Å². The summed E-state index contributed by atoms with van der Waals surface area (Å²) in [6, 6.07) is 25.7. The van der Waals surface area contributed by atoms with Crippen molar-refractivity contribution >= 4 is 94.6 Å². The van der Waals surface area contributed by atoms with Crippen LogP contribution in [0.2, 0.25) is 0 Å². The number of carbonyl (C=O) groups excluding carboxylic acids is 15. The number of hydrogen-bond donors (Lipinski definition) is 21. The molecule has 0 unspecified atom stereocenters. The van der Waals surface area contributed by atoms with Crippen molar-refractivity contribution in [3.63, 3.8) is 0 Å². The summed E-state index contributed by atoms with van der Waals surface area (Å²) in [5.74, 6) is -16.1. The van der Waals surface area contributed by atoms with E-state index in [2.05, 4.69) is 73.8 Å². The number of nitrogens with two attached hydrogens (primary N) is 2. The zero-order chi connectivity index (χ0) is 101. The molecule has 8 aromatic rings. The molecule has 7 aromatic carbocycles. The number of likely N-dealkylation sites (tertiary alicyclic amines) is 2. The summed E-state index contributed by atoms with van der Waals surface area (Å²) in [5.41, 5.74) is 15.9. The van der Waals surface area contributed by atoms with Gasteiger partial charge in [-0.2, -0.15) is 0 Å². The van der Waals surface area contributed by atoms with Crippen molar-refractivity contribution in [1.82, 2.24) is 83.6 Å². The maximum Gasteiger partial charge on any atom is 0.326 e. The molecule has 40 nitrogen and oxygen atoms in total. The highest BCUT2D eigenvalue weighted by molar-refractivity contribution is 6.01. The van der Waals surface area contributed by atoms with E-state index in [0.29, 0.717) is 38.9 Å². The van der Waals surface area contributed by atoms with E-state index < -0.39 is 198 Å². The summed E-state index contributed by atoms with van der Waals surface area (Å²) in [4.78, 5) is 240. The molecule has 2 saturated heterocycles. The number of benzene rings is 7. The standard InChI is InChI=1S/C100H122N18O22/c1-6-57(4)86(99(138)118-42-13-19-82(118)96(135)104-54-85(125)107-73(43-56(2)3)90(129)111-77(48-64-27-37-70(122)38-28-64)92(131)112-78(49-65-29-39-71(123)40-30-65)94(133)115-81(100(139)140)50-60-17-11-8-12-18-60)116-95(134)79(52-84(102)124)113-97(136)83-20-14-41-117(83)98(137)80(51-66-53-103-55-105-66)114-93(132)75(46-62-23-33-68(120)34-24-62)108-87(126)58(5)106-89(128)74(45-59-15-9-7-10-16-59)110-91(130)76(47-63-25-35-69(121)36-26-63)109-88(127)72(101)44-61-21-31-67(119)32-22-61/h7-12,15-18,21-40,53,55-58,72-83,86,119-123H,6,13-14,19-20,41-52,54,101H2,1-5H3,(H2,102,124)(H,103,105)(H,104,135)(H,106,128)(H,107,125)(H,108,126)(H,109,127)(H,110,130)(H,111,129)(H,112,131)(H,113,136)(H,114,132)(H,115,133)(H,116,134)(H,139,140)/t57-,58-,72-,73-,74-,75-,76-,77-,78-,79-,80-,81-,82-,83-,86-/m0/s1. The Balaban J connectivity index is 0.789. The predicted molar refractivity (Wildman–Crippen MR) is 509 cm³/mol. The molecular formula is C100H122N18O22. The Labute approximate surface area is 807 Å². The van der Waals surface area contributed by atoms with Crippen molar-refractivity contribution < 1.29 is 107 Å². The Kier molecular flexibility index (Phi) is 39.0. The number of nitrogens with one attached hydrogen (secondary N) is 13. The van der Waals surface area contributed by atoms with E-state index in [0.717, 1.165) is 4.90 Å². The number of phenols is 5. The van der Waals surface area contributed by atoms with Gasteiger partial charge in [-0.05, 0) is 157 Å². The highest BCUT2D eigenvalue weighted by atomic mass is 16.4. The molecular weight excluding hydrogens is 1810 g/mol. The molecule has 140 heavy (non-hydrogen) atoms. The van der Waals surface area contributed by atoms with Gasteiger partial charge in [0.1, 0.15) is 107 Å². The molecule has 0 bridgehead atoms. The summed E-state index contributed by atoms with van der Waals surface area (Å²) < 4.78 is 0. The van der Waals surface area contributed by atoms with Gasteiger partial charge in [0.05, 0.1) is 31.0 Å². The SMILES string of the molecule is CC[C@H](C)[C@H](NC(=O)[C@H](CC(N)=O)NC(=O)[C@@H]1CCCN1C(=O)[C@H](Cc1c[nH]cn1)NC(=O)[C@H](Cc1ccc(O)cc1)NC(=O)[C@H](C)NC(=O)[C@H](Cc1ccccc1)NC(=O)[C@H](Cc1ccc(O)cc1)NC(=O)[C@@H](N)Cc1ccc(O)cc1)C(=O)N1CCC[C@H]1C(=O)NCC(=O)N[C@@H](CC(C)C)C(=O)N[C@@H](Cc1ccc(O)cc1)C(=O)N[C@@H](Cc1ccc(O)cc1)C(=O)N[C@@H](Cc1ccccc1)C(=O)O. The van der Waals surface area contributed by atoms with Gasteiger partial charge < -0.3 is 121 Å². The number of aromatic nitrogens is 2.